The third-order valence-electron chi connectivity index (χ3n) is 2.49. The van der Waals surface area contributed by atoms with Crippen molar-refractivity contribution < 1.29 is 8.94 Å². The van der Waals surface area contributed by atoms with E-state index >= 15 is 0 Å². The molecular weight excluding hydrogens is 273 g/mol. The molecule has 2 aromatic heterocycles. The Morgan fingerprint density at radius 1 is 0.944 bits per heavy atom. The molecule has 0 spiro atoms. The second-order valence-corrected chi connectivity index (χ2v) is 4.46. The number of hydrogen-bond acceptors (Lipinski definition) is 3. The van der Waals surface area contributed by atoms with E-state index in [4.69, 9.17) is 32.1 Å². The average molecular weight is 280 g/mol. The first-order valence-corrected chi connectivity index (χ1v) is 5.96. The van der Waals surface area contributed by atoms with Crippen molar-refractivity contribution in [3.63, 3.8) is 0 Å². The molecule has 0 saturated heterocycles. The molecule has 0 saturated carbocycles. The van der Waals surface area contributed by atoms with Crippen molar-refractivity contribution in [2.45, 2.75) is 0 Å². The van der Waals surface area contributed by atoms with Gasteiger partial charge in [0, 0.05) is 11.6 Å². The first-order chi connectivity index (χ1) is 8.75. The van der Waals surface area contributed by atoms with Crippen LogP contribution in [0.5, 0.6) is 0 Å². The van der Waals surface area contributed by atoms with Gasteiger partial charge in [-0.2, -0.15) is 0 Å². The van der Waals surface area contributed by atoms with E-state index in [0.717, 1.165) is 0 Å². The van der Waals surface area contributed by atoms with Gasteiger partial charge in [-0.3, -0.25) is 0 Å². The lowest BCUT2D eigenvalue weighted by Gasteiger charge is -2.01. The Kier molecular flexibility index (Phi) is 2.86. The molecule has 0 atom stereocenters. The van der Waals surface area contributed by atoms with Crippen LogP contribution in [0.4, 0.5) is 0 Å². The number of furan rings is 1. The Bertz CT molecular complexity index is 654. The molecule has 0 radical (unpaired) electrons. The second kappa shape index (κ2) is 4.52. The topological polar surface area (TPSA) is 39.2 Å². The van der Waals surface area contributed by atoms with Gasteiger partial charge in [0.2, 0.25) is 5.76 Å². The fraction of sp³-hybridized carbons (Fsp3) is 0. The highest BCUT2D eigenvalue weighted by molar-refractivity contribution is 6.39. The van der Waals surface area contributed by atoms with Gasteiger partial charge in [-0.05, 0) is 24.3 Å². The van der Waals surface area contributed by atoms with Crippen LogP contribution in [0.3, 0.4) is 0 Å². The minimum atomic E-state index is 0.529. The normalized spacial score (nSPS) is 10.8. The first-order valence-electron chi connectivity index (χ1n) is 5.20. The van der Waals surface area contributed by atoms with Gasteiger partial charge in [-0.25, -0.2) is 0 Å². The van der Waals surface area contributed by atoms with Crippen LogP contribution in [0.2, 0.25) is 10.0 Å². The molecule has 3 nitrogen and oxygen atoms in total. The summed E-state index contributed by atoms with van der Waals surface area (Å²) in [5.74, 6) is 1.14. The van der Waals surface area contributed by atoms with E-state index in [0.29, 0.717) is 32.8 Å². The van der Waals surface area contributed by atoms with Gasteiger partial charge in [-0.15, -0.1) is 0 Å². The molecule has 18 heavy (non-hydrogen) atoms. The third-order valence-corrected chi connectivity index (χ3v) is 3.12. The Hall–Kier alpha value is -1.71. The maximum Gasteiger partial charge on any atom is 0.202 e. The fourth-order valence-electron chi connectivity index (χ4n) is 1.67. The highest BCUT2D eigenvalue weighted by atomic mass is 35.5. The highest BCUT2D eigenvalue weighted by Crippen LogP contribution is 2.35. The van der Waals surface area contributed by atoms with Gasteiger partial charge >= 0.3 is 0 Å². The number of nitrogens with zero attached hydrogens (tertiary/aromatic N) is 1. The second-order valence-electron chi connectivity index (χ2n) is 3.65. The Morgan fingerprint density at radius 2 is 1.72 bits per heavy atom. The number of aromatic nitrogens is 1. The Labute approximate surface area is 113 Å². The number of hydrogen-bond donors (Lipinski definition) is 0. The minimum Gasteiger partial charge on any atom is -0.461 e. The monoisotopic (exact) mass is 279 g/mol. The van der Waals surface area contributed by atoms with Gasteiger partial charge in [0.15, 0.2) is 5.76 Å². The molecule has 0 N–H and O–H groups in total. The molecule has 0 aliphatic heterocycles. The SMILES string of the molecule is Clc1cccc(Cl)c1-c1cc(-c2ccco2)on1. The van der Waals surface area contributed by atoms with E-state index in [-0.39, 0.29) is 0 Å². The summed E-state index contributed by atoms with van der Waals surface area (Å²) in [6.07, 6.45) is 1.57. The zero-order chi connectivity index (χ0) is 12.5. The van der Waals surface area contributed by atoms with Gasteiger partial charge in [0.05, 0.1) is 16.3 Å². The van der Waals surface area contributed by atoms with Crippen LogP contribution in [0.25, 0.3) is 22.8 Å². The molecule has 0 aliphatic rings. The maximum atomic E-state index is 6.11. The quantitative estimate of drug-likeness (QED) is 0.669. The van der Waals surface area contributed by atoms with Gasteiger partial charge in [0.1, 0.15) is 5.69 Å². The average Bonchev–Trinajstić information content (AvgIpc) is 2.99. The summed E-state index contributed by atoms with van der Waals surface area (Å²) in [6, 6.07) is 10.6. The van der Waals surface area contributed by atoms with E-state index in [1.807, 2.05) is 0 Å². The van der Waals surface area contributed by atoms with Crippen molar-refractivity contribution in [3.05, 3.63) is 52.7 Å². The molecule has 0 fully saturated rings. The first kappa shape index (κ1) is 11.4. The van der Waals surface area contributed by atoms with E-state index in [1.165, 1.54) is 0 Å². The standard InChI is InChI=1S/C13H7Cl2NO2/c14-8-3-1-4-9(15)13(8)10-7-12(18-16-10)11-5-2-6-17-11/h1-7H. The third kappa shape index (κ3) is 1.92. The zero-order valence-electron chi connectivity index (χ0n) is 9.06. The van der Waals surface area contributed by atoms with Gasteiger partial charge in [0.25, 0.3) is 0 Å². The summed E-state index contributed by atoms with van der Waals surface area (Å²) >= 11 is 12.2. The largest absolute Gasteiger partial charge is 0.461 e. The summed E-state index contributed by atoms with van der Waals surface area (Å²) in [4.78, 5) is 0. The van der Waals surface area contributed by atoms with E-state index in [9.17, 15) is 0 Å². The zero-order valence-corrected chi connectivity index (χ0v) is 10.6. The van der Waals surface area contributed by atoms with E-state index in [1.54, 1.807) is 42.7 Å². The summed E-state index contributed by atoms with van der Waals surface area (Å²) in [5, 5.41) is 5.02. The predicted octanol–water partition coefficient (Wildman–Crippen LogP) is 4.91. The lowest BCUT2D eigenvalue weighted by Crippen LogP contribution is -1.80. The lowest BCUT2D eigenvalue weighted by molar-refractivity contribution is 0.420. The number of halogens is 2. The smallest absolute Gasteiger partial charge is 0.202 e. The maximum absolute atomic E-state index is 6.11. The molecule has 2 heterocycles. The van der Waals surface area contributed by atoms with E-state index in [2.05, 4.69) is 5.16 Å². The van der Waals surface area contributed by atoms with Crippen LogP contribution in [0.15, 0.2) is 51.6 Å². The van der Waals surface area contributed by atoms with Crippen molar-refractivity contribution in [2.75, 3.05) is 0 Å². The van der Waals surface area contributed by atoms with Gasteiger partial charge in [-0.1, -0.05) is 34.4 Å². The summed E-state index contributed by atoms with van der Waals surface area (Å²) in [7, 11) is 0. The molecule has 5 heteroatoms. The highest BCUT2D eigenvalue weighted by Gasteiger charge is 2.15. The van der Waals surface area contributed by atoms with Crippen LogP contribution in [0.1, 0.15) is 0 Å². The van der Waals surface area contributed by atoms with Crippen molar-refractivity contribution in [1.82, 2.24) is 5.16 Å². The fourth-order valence-corrected chi connectivity index (χ4v) is 2.26. The number of rotatable bonds is 2. The molecule has 3 rings (SSSR count). The molecule has 90 valence electrons. The van der Waals surface area contributed by atoms with E-state index < -0.39 is 0 Å². The molecule has 0 unspecified atom stereocenters. The molecule has 1 aromatic carbocycles. The predicted molar refractivity (Wildman–Crippen MR) is 69.7 cm³/mol. The minimum absolute atomic E-state index is 0.529. The number of benzene rings is 1. The molecule has 0 bridgehead atoms. The molecule has 3 aromatic rings. The van der Waals surface area contributed by atoms with Crippen molar-refractivity contribution in [1.29, 1.82) is 0 Å². The molecule has 0 amide bonds. The molecular formula is C13H7Cl2NO2. The summed E-state index contributed by atoms with van der Waals surface area (Å²) in [5.41, 5.74) is 1.24. The van der Waals surface area contributed by atoms with Crippen LogP contribution in [0, 0.1) is 0 Å². The van der Waals surface area contributed by atoms with Crippen LogP contribution >= 0.6 is 23.2 Å². The van der Waals surface area contributed by atoms with Crippen LogP contribution in [-0.4, -0.2) is 5.16 Å². The van der Waals surface area contributed by atoms with Crippen molar-refractivity contribution >= 4 is 23.2 Å². The summed E-state index contributed by atoms with van der Waals surface area (Å²) in [6.45, 7) is 0. The van der Waals surface area contributed by atoms with Crippen molar-refractivity contribution in [2.24, 2.45) is 0 Å². The van der Waals surface area contributed by atoms with Gasteiger partial charge < -0.3 is 8.94 Å². The lowest BCUT2D eigenvalue weighted by atomic mass is 10.1. The molecule has 0 aliphatic carbocycles. The van der Waals surface area contributed by atoms with Crippen molar-refractivity contribution in [3.8, 4) is 22.8 Å². The summed E-state index contributed by atoms with van der Waals surface area (Å²) < 4.78 is 10.4. The Balaban J connectivity index is 2.09. The van der Waals surface area contributed by atoms with Crippen LogP contribution < -0.4 is 0 Å². The van der Waals surface area contributed by atoms with Crippen LogP contribution in [-0.2, 0) is 0 Å². The Morgan fingerprint density at radius 3 is 2.39 bits per heavy atom.